The van der Waals surface area contributed by atoms with E-state index < -0.39 is 5.60 Å². The van der Waals surface area contributed by atoms with E-state index in [-0.39, 0.29) is 5.82 Å². The van der Waals surface area contributed by atoms with Crippen molar-refractivity contribution in [3.8, 4) is 0 Å². The molecule has 2 nitrogen and oxygen atoms in total. The summed E-state index contributed by atoms with van der Waals surface area (Å²) in [5.74, 6) is 0.669. The van der Waals surface area contributed by atoms with Crippen molar-refractivity contribution in [3.63, 3.8) is 0 Å². The second kappa shape index (κ2) is 3.64. The molecule has 0 bridgehead atoms. The van der Waals surface area contributed by atoms with Crippen molar-refractivity contribution in [2.45, 2.75) is 31.3 Å². The third kappa shape index (κ3) is 1.78. The smallest absolute Gasteiger partial charge is 0.133 e. The van der Waals surface area contributed by atoms with E-state index in [4.69, 9.17) is 0 Å². The van der Waals surface area contributed by atoms with Gasteiger partial charge in [0.05, 0.1) is 5.60 Å². The number of hydrogen-bond acceptors (Lipinski definition) is 2. The quantitative estimate of drug-likeness (QED) is 0.810. The van der Waals surface area contributed by atoms with Crippen LogP contribution >= 0.6 is 0 Å². The molecule has 0 spiro atoms. The first-order chi connectivity index (χ1) is 8.07. The van der Waals surface area contributed by atoms with Gasteiger partial charge >= 0.3 is 0 Å². The average Bonchev–Trinajstić information content (AvgIpc) is 2.72. The van der Waals surface area contributed by atoms with Crippen LogP contribution in [0.5, 0.6) is 0 Å². The standard InChI is InChI=1S/C14H15FO2/c15-12-3-1-11(2-4-12)14(17)7-9-5-13(16)6-10(9)8-14/h1-4,9-10,17H,5-8H2. The largest absolute Gasteiger partial charge is 0.385 e. The normalized spacial score (nSPS) is 36.2. The summed E-state index contributed by atoms with van der Waals surface area (Å²) in [6.07, 6.45) is 2.48. The summed E-state index contributed by atoms with van der Waals surface area (Å²) in [5, 5.41) is 10.6. The summed E-state index contributed by atoms with van der Waals surface area (Å²) in [4.78, 5) is 11.3. The lowest BCUT2D eigenvalue weighted by Crippen LogP contribution is -2.23. The molecule has 0 amide bonds. The molecular formula is C14H15FO2. The van der Waals surface area contributed by atoms with Gasteiger partial charge < -0.3 is 5.11 Å². The lowest BCUT2D eigenvalue weighted by Gasteiger charge is -2.24. The Hall–Kier alpha value is -1.22. The Morgan fingerprint density at radius 3 is 2.18 bits per heavy atom. The Morgan fingerprint density at radius 1 is 1.12 bits per heavy atom. The highest BCUT2D eigenvalue weighted by atomic mass is 19.1. The van der Waals surface area contributed by atoms with Gasteiger partial charge in [-0.25, -0.2) is 4.39 Å². The first-order valence-electron chi connectivity index (χ1n) is 6.07. The summed E-state index contributed by atoms with van der Waals surface area (Å²) < 4.78 is 12.9. The minimum Gasteiger partial charge on any atom is -0.385 e. The average molecular weight is 234 g/mol. The van der Waals surface area contributed by atoms with Gasteiger partial charge in [-0.3, -0.25) is 4.79 Å². The van der Waals surface area contributed by atoms with E-state index in [1.807, 2.05) is 0 Å². The first-order valence-corrected chi connectivity index (χ1v) is 6.07. The Morgan fingerprint density at radius 2 is 1.65 bits per heavy atom. The number of rotatable bonds is 1. The first kappa shape index (κ1) is 10.9. The van der Waals surface area contributed by atoms with Crippen LogP contribution in [-0.2, 0) is 10.4 Å². The van der Waals surface area contributed by atoms with Crippen LogP contribution in [-0.4, -0.2) is 10.9 Å². The molecule has 1 aromatic rings. The van der Waals surface area contributed by atoms with Crippen molar-refractivity contribution < 1.29 is 14.3 Å². The third-order valence-corrected chi connectivity index (χ3v) is 4.23. The molecular weight excluding hydrogens is 219 g/mol. The molecule has 1 aromatic carbocycles. The van der Waals surface area contributed by atoms with E-state index in [9.17, 15) is 14.3 Å². The van der Waals surface area contributed by atoms with E-state index in [2.05, 4.69) is 0 Å². The summed E-state index contributed by atoms with van der Waals surface area (Å²) in [5.41, 5.74) is -0.0789. The molecule has 17 heavy (non-hydrogen) atoms. The van der Waals surface area contributed by atoms with Crippen LogP contribution in [0.25, 0.3) is 0 Å². The monoisotopic (exact) mass is 234 g/mol. The predicted molar refractivity (Wildman–Crippen MR) is 60.8 cm³/mol. The Kier molecular flexibility index (Phi) is 2.33. The third-order valence-electron chi connectivity index (χ3n) is 4.23. The number of halogens is 1. The van der Waals surface area contributed by atoms with Crippen molar-refractivity contribution in [2.75, 3.05) is 0 Å². The predicted octanol–water partition coefficient (Wildman–Crippen LogP) is 2.40. The molecule has 0 aromatic heterocycles. The highest BCUT2D eigenvalue weighted by Gasteiger charge is 2.49. The van der Waals surface area contributed by atoms with Gasteiger partial charge in [0.25, 0.3) is 0 Å². The molecule has 90 valence electrons. The van der Waals surface area contributed by atoms with Gasteiger partial charge in [0.2, 0.25) is 0 Å². The van der Waals surface area contributed by atoms with E-state index in [0.29, 0.717) is 43.3 Å². The minimum atomic E-state index is -0.857. The van der Waals surface area contributed by atoms with Gasteiger partial charge in [-0.2, -0.15) is 0 Å². The maximum Gasteiger partial charge on any atom is 0.133 e. The summed E-state index contributed by atoms with van der Waals surface area (Å²) in [6, 6.07) is 6.06. The second-order valence-electron chi connectivity index (χ2n) is 5.41. The van der Waals surface area contributed by atoms with Gasteiger partial charge in [0, 0.05) is 12.8 Å². The number of ketones is 1. The Labute approximate surface area is 99.5 Å². The molecule has 0 heterocycles. The summed E-state index contributed by atoms with van der Waals surface area (Å²) in [7, 11) is 0. The highest BCUT2D eigenvalue weighted by Crippen LogP contribution is 2.51. The molecule has 2 saturated carbocycles. The fourth-order valence-electron chi connectivity index (χ4n) is 3.43. The molecule has 0 radical (unpaired) electrons. The van der Waals surface area contributed by atoms with Gasteiger partial charge in [0.1, 0.15) is 11.6 Å². The zero-order chi connectivity index (χ0) is 12.0. The van der Waals surface area contributed by atoms with Crippen LogP contribution in [0.15, 0.2) is 24.3 Å². The van der Waals surface area contributed by atoms with Crippen molar-refractivity contribution in [2.24, 2.45) is 11.8 Å². The van der Waals surface area contributed by atoms with E-state index in [1.54, 1.807) is 12.1 Å². The molecule has 0 saturated heterocycles. The lowest BCUT2D eigenvalue weighted by molar-refractivity contribution is -0.118. The number of Topliss-reactive ketones (excluding diaryl/α,β-unsaturated/α-hetero) is 1. The highest BCUT2D eigenvalue weighted by molar-refractivity contribution is 5.81. The molecule has 3 rings (SSSR count). The Bertz CT molecular complexity index is 436. The zero-order valence-electron chi connectivity index (χ0n) is 9.53. The zero-order valence-corrected chi connectivity index (χ0v) is 9.53. The van der Waals surface area contributed by atoms with Crippen LogP contribution in [0, 0.1) is 17.7 Å². The van der Waals surface area contributed by atoms with Gasteiger partial charge in [-0.05, 0) is 42.4 Å². The van der Waals surface area contributed by atoms with E-state index >= 15 is 0 Å². The van der Waals surface area contributed by atoms with E-state index in [0.717, 1.165) is 5.56 Å². The van der Waals surface area contributed by atoms with Crippen molar-refractivity contribution in [3.05, 3.63) is 35.6 Å². The van der Waals surface area contributed by atoms with Crippen molar-refractivity contribution in [1.82, 2.24) is 0 Å². The van der Waals surface area contributed by atoms with Crippen LogP contribution in [0.4, 0.5) is 4.39 Å². The van der Waals surface area contributed by atoms with Crippen LogP contribution in [0.3, 0.4) is 0 Å². The molecule has 2 fully saturated rings. The maximum atomic E-state index is 12.9. The number of fused-ring (bicyclic) bond motifs is 1. The number of carbonyl (C=O) groups excluding carboxylic acids is 1. The lowest BCUT2D eigenvalue weighted by atomic mass is 9.89. The number of hydrogen-bond donors (Lipinski definition) is 1. The topological polar surface area (TPSA) is 37.3 Å². The molecule has 2 atom stereocenters. The number of carbonyl (C=O) groups is 1. The molecule has 3 heteroatoms. The summed E-state index contributed by atoms with van der Waals surface area (Å²) in [6.45, 7) is 0. The van der Waals surface area contributed by atoms with E-state index in [1.165, 1.54) is 12.1 Å². The van der Waals surface area contributed by atoms with Crippen LogP contribution in [0.1, 0.15) is 31.2 Å². The molecule has 2 aliphatic rings. The van der Waals surface area contributed by atoms with Crippen molar-refractivity contribution in [1.29, 1.82) is 0 Å². The van der Waals surface area contributed by atoms with Crippen LogP contribution in [0.2, 0.25) is 0 Å². The second-order valence-corrected chi connectivity index (χ2v) is 5.41. The molecule has 2 aliphatic carbocycles. The number of aliphatic hydroxyl groups is 1. The van der Waals surface area contributed by atoms with Gasteiger partial charge in [0.15, 0.2) is 0 Å². The molecule has 2 unspecified atom stereocenters. The molecule has 0 aliphatic heterocycles. The SMILES string of the molecule is O=C1CC2CC(O)(c3ccc(F)cc3)CC2C1. The minimum absolute atomic E-state index is 0.286. The maximum absolute atomic E-state index is 12.9. The Balaban J connectivity index is 1.85. The van der Waals surface area contributed by atoms with Crippen molar-refractivity contribution >= 4 is 5.78 Å². The van der Waals surface area contributed by atoms with Crippen LogP contribution < -0.4 is 0 Å². The molecule has 1 N–H and O–H groups in total. The van der Waals surface area contributed by atoms with Gasteiger partial charge in [-0.15, -0.1) is 0 Å². The number of benzene rings is 1. The summed E-state index contributed by atoms with van der Waals surface area (Å²) >= 11 is 0. The fourth-order valence-corrected chi connectivity index (χ4v) is 3.43. The fraction of sp³-hybridized carbons (Fsp3) is 0.500. The van der Waals surface area contributed by atoms with Gasteiger partial charge in [-0.1, -0.05) is 12.1 Å².